The highest BCUT2D eigenvalue weighted by atomic mass is 19.4. The maximum Gasteiger partial charge on any atom is 0.419 e. The average molecular weight is 346 g/mol. The lowest BCUT2D eigenvalue weighted by molar-refractivity contribution is -0.137. The van der Waals surface area contributed by atoms with Crippen LogP contribution in [0.25, 0.3) is 11.1 Å². The van der Waals surface area contributed by atoms with Crippen molar-refractivity contribution >= 4 is 5.69 Å². The highest BCUT2D eigenvalue weighted by Gasteiger charge is 2.40. The molecule has 25 heavy (non-hydrogen) atoms. The number of piperidine rings is 1. The van der Waals surface area contributed by atoms with Crippen LogP contribution in [0.15, 0.2) is 36.4 Å². The van der Waals surface area contributed by atoms with Crippen molar-refractivity contribution in [2.75, 3.05) is 18.0 Å². The van der Waals surface area contributed by atoms with Gasteiger partial charge in [0.1, 0.15) is 5.75 Å². The zero-order valence-electron chi connectivity index (χ0n) is 13.5. The van der Waals surface area contributed by atoms with E-state index in [0.29, 0.717) is 18.7 Å². The van der Waals surface area contributed by atoms with Gasteiger partial charge in [0.15, 0.2) is 0 Å². The summed E-state index contributed by atoms with van der Waals surface area (Å²) >= 11 is 0. The molecule has 1 heterocycles. The van der Waals surface area contributed by atoms with Crippen molar-refractivity contribution in [1.82, 2.24) is 0 Å². The molecule has 1 saturated heterocycles. The van der Waals surface area contributed by atoms with Gasteiger partial charge in [-0.15, -0.1) is 0 Å². The largest absolute Gasteiger partial charge is 0.507 e. The third kappa shape index (κ3) is 3.27. The first-order valence-corrected chi connectivity index (χ1v) is 8.11. The molecule has 0 atom stereocenters. The van der Waals surface area contributed by atoms with Gasteiger partial charge < -0.3 is 10.0 Å². The fraction of sp³-hybridized carbons (Fsp3) is 0.316. The van der Waals surface area contributed by atoms with Gasteiger partial charge in [0.2, 0.25) is 0 Å². The lowest BCUT2D eigenvalue weighted by atomic mass is 9.93. The molecule has 6 heteroatoms. The van der Waals surface area contributed by atoms with E-state index in [9.17, 15) is 23.5 Å². The van der Waals surface area contributed by atoms with Crippen LogP contribution >= 0.6 is 0 Å². The fourth-order valence-corrected chi connectivity index (χ4v) is 3.35. The Morgan fingerprint density at radius 3 is 2.24 bits per heavy atom. The Morgan fingerprint density at radius 2 is 1.68 bits per heavy atom. The van der Waals surface area contributed by atoms with Gasteiger partial charge in [-0.3, -0.25) is 0 Å². The molecule has 1 fully saturated rings. The second-order valence-corrected chi connectivity index (χ2v) is 6.07. The van der Waals surface area contributed by atoms with Crippen LogP contribution in [0.3, 0.4) is 0 Å². The van der Waals surface area contributed by atoms with Crippen LogP contribution < -0.4 is 4.90 Å². The van der Waals surface area contributed by atoms with Gasteiger partial charge >= 0.3 is 6.18 Å². The minimum Gasteiger partial charge on any atom is -0.507 e. The minimum atomic E-state index is -4.69. The molecule has 0 saturated carbocycles. The van der Waals surface area contributed by atoms with Gasteiger partial charge in [0.25, 0.3) is 0 Å². The Balaban J connectivity index is 2.36. The Kier molecular flexibility index (Phi) is 4.58. The summed E-state index contributed by atoms with van der Waals surface area (Å²) in [5.41, 5.74) is -0.974. The molecular weight excluding hydrogens is 329 g/mol. The second kappa shape index (κ2) is 6.67. The van der Waals surface area contributed by atoms with Crippen LogP contribution in [-0.2, 0) is 6.18 Å². The first-order chi connectivity index (χ1) is 11.9. The average Bonchev–Trinajstić information content (AvgIpc) is 2.61. The van der Waals surface area contributed by atoms with Crippen molar-refractivity contribution < 1.29 is 18.3 Å². The van der Waals surface area contributed by atoms with E-state index >= 15 is 0 Å². The second-order valence-electron chi connectivity index (χ2n) is 6.07. The van der Waals surface area contributed by atoms with Crippen LogP contribution in [0.1, 0.15) is 30.4 Å². The molecule has 2 aromatic carbocycles. The molecule has 1 aliphatic rings. The van der Waals surface area contributed by atoms with E-state index in [0.717, 1.165) is 25.3 Å². The maximum absolute atomic E-state index is 13.8. The van der Waals surface area contributed by atoms with Crippen molar-refractivity contribution in [2.24, 2.45) is 0 Å². The summed E-state index contributed by atoms with van der Waals surface area (Å²) in [5, 5.41) is 19.6. The Hall–Kier alpha value is -2.68. The molecule has 1 N–H and O–H groups in total. The third-order valence-electron chi connectivity index (χ3n) is 4.42. The summed E-state index contributed by atoms with van der Waals surface area (Å²) in [4.78, 5) is 1.65. The van der Waals surface area contributed by atoms with Crippen molar-refractivity contribution in [3.63, 3.8) is 0 Å². The lowest BCUT2D eigenvalue weighted by Gasteiger charge is -2.33. The molecule has 0 bridgehead atoms. The molecule has 0 aliphatic carbocycles. The highest BCUT2D eigenvalue weighted by molar-refractivity contribution is 5.88. The first-order valence-electron chi connectivity index (χ1n) is 8.11. The van der Waals surface area contributed by atoms with Gasteiger partial charge in [-0.2, -0.15) is 18.4 Å². The van der Waals surface area contributed by atoms with E-state index in [1.165, 1.54) is 0 Å². The van der Waals surface area contributed by atoms with E-state index < -0.39 is 17.3 Å². The standard InChI is InChI=1S/C19H17F3N2O/c20-19(21,22)17-14(12-23)11-15(25)16(13-7-3-1-4-8-13)18(17)24-9-5-2-6-10-24/h1,3-4,7-8,11,25H,2,5-6,9-10H2. The lowest BCUT2D eigenvalue weighted by Crippen LogP contribution is -2.32. The molecule has 130 valence electrons. The Bertz CT molecular complexity index is 804. The van der Waals surface area contributed by atoms with E-state index in [1.54, 1.807) is 41.3 Å². The van der Waals surface area contributed by atoms with Gasteiger partial charge in [0.05, 0.1) is 22.9 Å². The summed E-state index contributed by atoms with van der Waals surface area (Å²) < 4.78 is 41.5. The molecule has 0 unspecified atom stereocenters. The van der Waals surface area contributed by atoms with Crippen molar-refractivity contribution in [3.8, 4) is 22.9 Å². The van der Waals surface area contributed by atoms with Gasteiger partial charge in [0, 0.05) is 18.7 Å². The fourth-order valence-electron chi connectivity index (χ4n) is 3.35. The van der Waals surface area contributed by atoms with Crippen molar-refractivity contribution in [1.29, 1.82) is 5.26 Å². The summed E-state index contributed by atoms with van der Waals surface area (Å²) in [7, 11) is 0. The number of nitriles is 1. The smallest absolute Gasteiger partial charge is 0.419 e. The quantitative estimate of drug-likeness (QED) is 0.838. The zero-order chi connectivity index (χ0) is 18.0. The minimum absolute atomic E-state index is 0.0880. The topological polar surface area (TPSA) is 47.3 Å². The van der Waals surface area contributed by atoms with E-state index in [-0.39, 0.29) is 17.0 Å². The molecule has 0 radical (unpaired) electrons. The number of aromatic hydroxyl groups is 1. The highest BCUT2D eigenvalue weighted by Crippen LogP contribution is 2.48. The summed E-state index contributed by atoms with van der Waals surface area (Å²) in [5.74, 6) is -0.309. The normalized spacial score (nSPS) is 15.0. The number of alkyl halides is 3. The predicted molar refractivity (Wildman–Crippen MR) is 89.3 cm³/mol. The number of nitrogens with zero attached hydrogens (tertiary/aromatic N) is 2. The molecular formula is C19H17F3N2O. The van der Waals surface area contributed by atoms with Crippen LogP contribution in [0, 0.1) is 11.3 Å². The number of hydrogen-bond donors (Lipinski definition) is 1. The zero-order valence-corrected chi connectivity index (χ0v) is 13.5. The first kappa shape index (κ1) is 17.2. The molecule has 1 aliphatic heterocycles. The SMILES string of the molecule is N#Cc1cc(O)c(-c2ccccc2)c(N2CCCCC2)c1C(F)(F)F. The molecule has 0 aromatic heterocycles. The number of halogens is 3. The third-order valence-corrected chi connectivity index (χ3v) is 4.42. The van der Waals surface area contributed by atoms with Crippen molar-refractivity contribution in [3.05, 3.63) is 47.5 Å². The van der Waals surface area contributed by atoms with Gasteiger partial charge in [-0.25, -0.2) is 0 Å². The van der Waals surface area contributed by atoms with Crippen LogP contribution in [0.2, 0.25) is 0 Å². The van der Waals surface area contributed by atoms with Crippen LogP contribution in [0.4, 0.5) is 18.9 Å². The Labute approximate surface area is 143 Å². The van der Waals surface area contributed by atoms with Gasteiger partial charge in [-0.05, 0) is 30.9 Å². The number of benzene rings is 2. The summed E-state index contributed by atoms with van der Waals surface area (Å²) in [6, 6.07) is 11.0. The number of hydrogen-bond acceptors (Lipinski definition) is 3. The molecule has 3 rings (SSSR count). The number of phenolic OH excluding ortho intramolecular Hbond substituents is 1. The molecule has 3 nitrogen and oxygen atoms in total. The van der Waals surface area contributed by atoms with Gasteiger partial charge in [-0.1, -0.05) is 30.3 Å². The number of phenols is 1. The van der Waals surface area contributed by atoms with Crippen molar-refractivity contribution in [2.45, 2.75) is 25.4 Å². The monoisotopic (exact) mass is 346 g/mol. The number of anilines is 1. The summed E-state index contributed by atoms with van der Waals surface area (Å²) in [6.07, 6.45) is -2.16. The van der Waals surface area contributed by atoms with Crippen LogP contribution in [0.5, 0.6) is 5.75 Å². The molecule has 0 amide bonds. The maximum atomic E-state index is 13.8. The number of rotatable bonds is 2. The van der Waals surface area contributed by atoms with Crippen LogP contribution in [-0.4, -0.2) is 18.2 Å². The summed E-state index contributed by atoms with van der Waals surface area (Å²) in [6.45, 7) is 0.939. The van der Waals surface area contributed by atoms with E-state index in [2.05, 4.69) is 0 Å². The Morgan fingerprint density at radius 1 is 1.04 bits per heavy atom. The van der Waals surface area contributed by atoms with E-state index in [1.807, 2.05) is 0 Å². The molecule has 2 aromatic rings. The predicted octanol–water partition coefficient (Wildman–Crippen LogP) is 4.94. The molecule has 0 spiro atoms. The van der Waals surface area contributed by atoms with E-state index in [4.69, 9.17) is 0 Å².